The number of carbonyl (C=O) groups is 2. The van der Waals surface area contributed by atoms with Gasteiger partial charge in [-0.3, -0.25) is 14.3 Å². The number of methoxy groups -OCH3 is 1. The first kappa shape index (κ1) is 23.7. The molecule has 35 heavy (non-hydrogen) atoms. The number of ether oxygens (including phenoxy) is 1. The van der Waals surface area contributed by atoms with Crippen LogP contribution in [0.5, 0.6) is 5.75 Å². The number of carbonyl (C=O) groups excluding carboxylic acids is 2. The van der Waals surface area contributed by atoms with E-state index in [1.165, 1.54) is 37.6 Å². The summed E-state index contributed by atoms with van der Waals surface area (Å²) in [7, 11) is 1.40. The van der Waals surface area contributed by atoms with Crippen molar-refractivity contribution in [1.29, 1.82) is 0 Å². The van der Waals surface area contributed by atoms with Gasteiger partial charge >= 0.3 is 0 Å². The number of anilines is 4. The molecule has 1 aliphatic heterocycles. The number of nitrogens with one attached hydrogen (secondary N) is 2. The largest absolute Gasteiger partial charge is 0.494 e. The summed E-state index contributed by atoms with van der Waals surface area (Å²) < 4.78 is 20.5. The summed E-state index contributed by atoms with van der Waals surface area (Å²) in [5.74, 6) is -0.765. The average Bonchev–Trinajstić information content (AvgIpc) is 3.33. The van der Waals surface area contributed by atoms with E-state index in [1.807, 2.05) is 0 Å². The molecule has 1 saturated heterocycles. The highest BCUT2D eigenvalue weighted by Crippen LogP contribution is 2.30. The number of nitrogens with zero attached hydrogens (tertiary/aromatic N) is 5. The lowest BCUT2D eigenvalue weighted by molar-refractivity contribution is -0.127. The van der Waals surface area contributed by atoms with Gasteiger partial charge in [-0.25, -0.2) is 9.37 Å². The topological polar surface area (TPSA) is 140 Å². The SMILES string of the molecule is C=CC(=O)N1CCC[C@H](n2cc(Nc3ncc(C(N)=O)c(Nc4ccc(F)cc4OC)n3)cn2)C1. The zero-order valence-corrected chi connectivity index (χ0v) is 19.1. The van der Waals surface area contributed by atoms with Gasteiger partial charge < -0.3 is 26.0 Å². The van der Waals surface area contributed by atoms with Crippen LogP contribution in [0.3, 0.4) is 0 Å². The second-order valence-electron chi connectivity index (χ2n) is 7.91. The lowest BCUT2D eigenvalue weighted by Crippen LogP contribution is -2.39. The van der Waals surface area contributed by atoms with Gasteiger partial charge in [0.25, 0.3) is 5.91 Å². The summed E-state index contributed by atoms with van der Waals surface area (Å²) in [6.45, 7) is 4.80. The molecular weight excluding hydrogens is 455 g/mol. The maximum Gasteiger partial charge on any atom is 0.254 e. The molecule has 0 bridgehead atoms. The molecule has 1 aromatic carbocycles. The molecule has 1 fully saturated rings. The number of halogens is 1. The van der Waals surface area contributed by atoms with Crippen LogP contribution in [0.25, 0.3) is 0 Å². The Kier molecular flexibility index (Phi) is 6.90. The maximum atomic E-state index is 13.6. The van der Waals surface area contributed by atoms with Crippen LogP contribution in [0.2, 0.25) is 0 Å². The van der Waals surface area contributed by atoms with Crippen LogP contribution in [0.4, 0.5) is 27.5 Å². The Morgan fingerprint density at radius 1 is 1.31 bits per heavy atom. The van der Waals surface area contributed by atoms with Crippen molar-refractivity contribution in [2.45, 2.75) is 18.9 Å². The standard InChI is InChI=1S/C23H25FN8O3/c1-3-20(33)31-8-4-5-16(13-31)32-12-15(10-27-32)28-23-26-11-17(21(25)34)22(30-23)29-18-7-6-14(24)9-19(18)35-2/h3,6-7,9-12,16H,1,4-5,8,13H2,2H3,(H2,25,34)(H2,26,28,29,30)/t16-/m0/s1. The summed E-state index contributed by atoms with van der Waals surface area (Å²) in [4.78, 5) is 34.2. The van der Waals surface area contributed by atoms with Gasteiger partial charge in [-0.1, -0.05) is 6.58 Å². The minimum absolute atomic E-state index is 0.0320. The van der Waals surface area contributed by atoms with E-state index in [2.05, 4.69) is 32.3 Å². The number of aromatic nitrogens is 4. The van der Waals surface area contributed by atoms with E-state index in [0.29, 0.717) is 24.5 Å². The van der Waals surface area contributed by atoms with Crippen LogP contribution in [0, 0.1) is 5.82 Å². The maximum absolute atomic E-state index is 13.6. The van der Waals surface area contributed by atoms with E-state index in [4.69, 9.17) is 10.5 Å². The minimum atomic E-state index is -0.733. The molecule has 0 aliphatic carbocycles. The number of hydrogen-bond acceptors (Lipinski definition) is 8. The number of primary amides is 1. The van der Waals surface area contributed by atoms with Gasteiger partial charge in [0.2, 0.25) is 11.9 Å². The van der Waals surface area contributed by atoms with Gasteiger partial charge in [0.15, 0.2) is 0 Å². The van der Waals surface area contributed by atoms with Gasteiger partial charge in [-0.15, -0.1) is 0 Å². The Morgan fingerprint density at radius 3 is 2.89 bits per heavy atom. The molecule has 3 aromatic rings. The quantitative estimate of drug-likeness (QED) is 0.418. The molecule has 0 unspecified atom stereocenters. The zero-order chi connectivity index (χ0) is 24.9. The van der Waals surface area contributed by atoms with E-state index < -0.39 is 11.7 Å². The molecular formula is C23H25FN8O3. The summed E-state index contributed by atoms with van der Waals surface area (Å²) in [5.41, 5.74) is 6.54. The summed E-state index contributed by atoms with van der Waals surface area (Å²) in [5, 5.41) is 10.4. The monoisotopic (exact) mass is 480 g/mol. The number of piperidine rings is 1. The first-order chi connectivity index (χ1) is 16.9. The Labute approximate surface area is 200 Å². The molecule has 1 atom stereocenters. The number of rotatable bonds is 8. The normalized spacial score (nSPS) is 15.4. The number of amides is 2. The zero-order valence-electron chi connectivity index (χ0n) is 19.1. The van der Waals surface area contributed by atoms with Crippen LogP contribution in [0.1, 0.15) is 29.2 Å². The molecule has 4 rings (SSSR count). The van der Waals surface area contributed by atoms with Gasteiger partial charge in [0, 0.05) is 31.5 Å². The molecule has 0 saturated carbocycles. The van der Waals surface area contributed by atoms with Crippen LogP contribution in [-0.2, 0) is 4.79 Å². The number of benzene rings is 1. The first-order valence-electron chi connectivity index (χ1n) is 10.9. The van der Waals surface area contributed by atoms with E-state index in [0.717, 1.165) is 12.8 Å². The molecule has 12 heteroatoms. The van der Waals surface area contributed by atoms with Crippen molar-refractivity contribution >= 4 is 35.0 Å². The Bertz CT molecular complexity index is 1260. The predicted molar refractivity (Wildman–Crippen MR) is 127 cm³/mol. The Morgan fingerprint density at radius 2 is 2.14 bits per heavy atom. The fourth-order valence-corrected chi connectivity index (χ4v) is 3.84. The van der Waals surface area contributed by atoms with E-state index in [9.17, 15) is 14.0 Å². The minimum Gasteiger partial charge on any atom is -0.494 e. The Hall–Kier alpha value is -4.48. The van der Waals surface area contributed by atoms with Crippen LogP contribution < -0.4 is 21.1 Å². The third-order valence-corrected chi connectivity index (χ3v) is 5.59. The van der Waals surface area contributed by atoms with Crippen molar-refractivity contribution in [1.82, 2.24) is 24.6 Å². The van der Waals surface area contributed by atoms with Crippen molar-refractivity contribution < 1.29 is 18.7 Å². The fraction of sp³-hybridized carbons (Fsp3) is 0.261. The molecule has 1 aliphatic rings. The van der Waals surface area contributed by atoms with Gasteiger partial charge in [0.05, 0.1) is 30.7 Å². The van der Waals surface area contributed by atoms with Crippen LogP contribution in [0.15, 0.2) is 49.4 Å². The molecule has 11 nitrogen and oxygen atoms in total. The third-order valence-electron chi connectivity index (χ3n) is 5.59. The van der Waals surface area contributed by atoms with Crippen molar-refractivity contribution in [3.05, 3.63) is 60.8 Å². The fourth-order valence-electron chi connectivity index (χ4n) is 3.84. The van der Waals surface area contributed by atoms with Crippen LogP contribution >= 0.6 is 0 Å². The van der Waals surface area contributed by atoms with Gasteiger partial charge in [-0.2, -0.15) is 10.1 Å². The van der Waals surface area contributed by atoms with Gasteiger partial charge in [0.1, 0.15) is 22.9 Å². The molecule has 2 aromatic heterocycles. The highest BCUT2D eigenvalue weighted by atomic mass is 19.1. The third kappa shape index (κ3) is 5.37. The number of nitrogens with two attached hydrogens (primary N) is 1. The summed E-state index contributed by atoms with van der Waals surface area (Å²) in [6.07, 6.45) is 7.79. The molecule has 0 radical (unpaired) electrons. The van der Waals surface area contributed by atoms with Gasteiger partial charge in [-0.05, 0) is 31.1 Å². The summed E-state index contributed by atoms with van der Waals surface area (Å²) >= 11 is 0. The smallest absolute Gasteiger partial charge is 0.254 e. The van der Waals surface area contributed by atoms with E-state index >= 15 is 0 Å². The van der Waals surface area contributed by atoms with Crippen molar-refractivity contribution in [3.8, 4) is 5.75 Å². The van der Waals surface area contributed by atoms with Crippen molar-refractivity contribution in [2.24, 2.45) is 5.73 Å². The van der Waals surface area contributed by atoms with E-state index in [1.54, 1.807) is 22.0 Å². The van der Waals surface area contributed by atoms with Crippen LogP contribution in [-0.4, -0.2) is 56.7 Å². The lowest BCUT2D eigenvalue weighted by Gasteiger charge is -2.32. The highest BCUT2D eigenvalue weighted by Gasteiger charge is 2.24. The summed E-state index contributed by atoms with van der Waals surface area (Å²) in [6, 6.07) is 3.95. The average molecular weight is 481 g/mol. The van der Waals surface area contributed by atoms with Crippen molar-refractivity contribution in [3.63, 3.8) is 0 Å². The lowest BCUT2D eigenvalue weighted by atomic mass is 10.1. The highest BCUT2D eigenvalue weighted by molar-refractivity contribution is 5.98. The Balaban J connectivity index is 1.54. The number of likely N-dealkylation sites (tertiary alicyclic amines) is 1. The molecule has 0 spiro atoms. The molecule has 3 heterocycles. The number of hydrogen-bond donors (Lipinski definition) is 3. The molecule has 2 amide bonds. The van der Waals surface area contributed by atoms with E-state index in [-0.39, 0.29) is 35.0 Å². The second kappa shape index (κ2) is 10.2. The molecule has 4 N–H and O–H groups in total. The van der Waals surface area contributed by atoms with Crippen molar-refractivity contribution in [2.75, 3.05) is 30.8 Å². The predicted octanol–water partition coefficient (Wildman–Crippen LogP) is 2.76. The second-order valence-corrected chi connectivity index (χ2v) is 7.91. The molecule has 182 valence electrons. The first-order valence-corrected chi connectivity index (χ1v) is 10.9.